The summed E-state index contributed by atoms with van der Waals surface area (Å²) in [4.78, 5) is 12.7. The van der Waals surface area contributed by atoms with Crippen molar-refractivity contribution in [3.63, 3.8) is 0 Å². The summed E-state index contributed by atoms with van der Waals surface area (Å²) in [5.41, 5.74) is 7.50. The van der Waals surface area contributed by atoms with E-state index in [4.69, 9.17) is 14.7 Å². The number of anilines is 3. The van der Waals surface area contributed by atoms with Gasteiger partial charge >= 0.3 is 0 Å². The number of ether oxygens (including phenoxy) is 1. The lowest BCUT2D eigenvalue weighted by Crippen LogP contribution is -2.37. The molecule has 7 heteroatoms. The Labute approximate surface area is 220 Å². The van der Waals surface area contributed by atoms with Crippen molar-refractivity contribution >= 4 is 17.6 Å². The van der Waals surface area contributed by atoms with Crippen molar-refractivity contribution in [2.75, 3.05) is 35.4 Å². The number of aromatic nitrogens is 2. The molecule has 6 rings (SSSR count). The lowest BCUT2D eigenvalue weighted by molar-refractivity contribution is 0.414. The van der Waals surface area contributed by atoms with E-state index in [2.05, 4.69) is 63.1 Å². The van der Waals surface area contributed by atoms with Crippen molar-refractivity contribution in [1.82, 2.24) is 15.4 Å². The van der Waals surface area contributed by atoms with Gasteiger partial charge in [0, 0.05) is 19.6 Å². The maximum atomic E-state index is 5.36. The molecule has 3 aliphatic rings. The van der Waals surface area contributed by atoms with Gasteiger partial charge in [-0.2, -0.15) is 9.97 Å². The van der Waals surface area contributed by atoms with Gasteiger partial charge in [-0.1, -0.05) is 68.1 Å². The monoisotopic (exact) mass is 498 g/mol. The zero-order chi connectivity index (χ0) is 25.0. The average Bonchev–Trinajstić information content (AvgIpc) is 3.10. The molecule has 1 unspecified atom stereocenters. The van der Waals surface area contributed by atoms with Crippen molar-refractivity contribution in [3.05, 3.63) is 71.3 Å². The minimum absolute atomic E-state index is 0.247. The highest BCUT2D eigenvalue weighted by Crippen LogP contribution is 2.44. The maximum Gasteiger partial charge on any atom is 0.226 e. The molecular weight excluding hydrogens is 460 g/mol. The van der Waals surface area contributed by atoms with Crippen LogP contribution in [0.3, 0.4) is 0 Å². The third-order valence-electron chi connectivity index (χ3n) is 8.05. The summed E-state index contributed by atoms with van der Waals surface area (Å²) in [5.74, 6) is 4.42. The van der Waals surface area contributed by atoms with Gasteiger partial charge in [0.1, 0.15) is 11.6 Å². The van der Waals surface area contributed by atoms with Crippen LogP contribution in [0.5, 0.6) is 5.75 Å². The van der Waals surface area contributed by atoms with Gasteiger partial charge in [-0.3, -0.25) is 5.01 Å². The summed E-state index contributed by atoms with van der Waals surface area (Å²) in [7, 11) is 1.71. The van der Waals surface area contributed by atoms with Crippen molar-refractivity contribution in [3.8, 4) is 5.75 Å². The molecule has 3 aromatic rings. The summed E-state index contributed by atoms with van der Waals surface area (Å²) >= 11 is 0. The molecule has 0 amide bonds. The summed E-state index contributed by atoms with van der Waals surface area (Å²) < 4.78 is 5.36. The first-order valence-corrected chi connectivity index (χ1v) is 13.9. The SMILES string of the molecule is COc1ccc(CN2CCC3NN(Cc4ccccc4)c4nc(NCC5CCCCCC5)nc2c43)cc1. The highest BCUT2D eigenvalue weighted by atomic mass is 16.5. The summed E-state index contributed by atoms with van der Waals surface area (Å²) in [6, 6.07) is 19.2. The van der Waals surface area contributed by atoms with Crippen molar-refractivity contribution in [2.24, 2.45) is 5.92 Å². The molecule has 194 valence electrons. The molecule has 0 spiro atoms. The number of hydrogen-bond donors (Lipinski definition) is 2. The molecule has 2 aromatic carbocycles. The largest absolute Gasteiger partial charge is 0.497 e. The molecule has 2 N–H and O–H groups in total. The fraction of sp³-hybridized carbons (Fsp3) is 0.467. The number of hydrogen-bond acceptors (Lipinski definition) is 7. The Morgan fingerprint density at radius 1 is 0.865 bits per heavy atom. The predicted molar refractivity (Wildman–Crippen MR) is 149 cm³/mol. The zero-order valence-electron chi connectivity index (χ0n) is 21.8. The molecule has 2 aliphatic heterocycles. The fourth-order valence-corrected chi connectivity index (χ4v) is 5.99. The van der Waals surface area contributed by atoms with E-state index in [9.17, 15) is 0 Å². The molecule has 1 saturated carbocycles. The lowest BCUT2D eigenvalue weighted by Gasteiger charge is -2.32. The molecule has 37 heavy (non-hydrogen) atoms. The Balaban J connectivity index is 1.29. The second-order valence-electron chi connectivity index (χ2n) is 10.7. The van der Waals surface area contributed by atoms with Crippen LogP contribution in [0.15, 0.2) is 54.6 Å². The van der Waals surface area contributed by atoms with E-state index in [-0.39, 0.29) is 6.04 Å². The van der Waals surface area contributed by atoms with Gasteiger partial charge in [0.2, 0.25) is 5.95 Å². The van der Waals surface area contributed by atoms with Gasteiger partial charge in [-0.15, -0.1) is 0 Å². The number of benzene rings is 2. The van der Waals surface area contributed by atoms with E-state index >= 15 is 0 Å². The molecule has 1 aliphatic carbocycles. The molecule has 0 radical (unpaired) electrons. The third kappa shape index (κ3) is 5.37. The molecular formula is C30H38N6O. The van der Waals surface area contributed by atoms with Gasteiger partial charge < -0.3 is 15.0 Å². The second kappa shape index (κ2) is 11.0. The Hall–Kier alpha value is -3.32. The van der Waals surface area contributed by atoms with Gasteiger partial charge in [-0.05, 0) is 48.4 Å². The van der Waals surface area contributed by atoms with Gasteiger partial charge in [0.15, 0.2) is 5.82 Å². The normalized spacial score (nSPS) is 19.4. The van der Waals surface area contributed by atoms with Crippen LogP contribution in [0.25, 0.3) is 0 Å². The molecule has 0 saturated heterocycles. The summed E-state index contributed by atoms with van der Waals surface area (Å²) in [6.45, 7) is 3.50. The van der Waals surface area contributed by atoms with E-state index < -0.39 is 0 Å². The maximum absolute atomic E-state index is 5.36. The highest BCUT2D eigenvalue weighted by Gasteiger charge is 2.38. The van der Waals surface area contributed by atoms with Crippen LogP contribution < -0.4 is 25.4 Å². The first-order valence-electron chi connectivity index (χ1n) is 13.9. The van der Waals surface area contributed by atoms with Crippen LogP contribution in [-0.4, -0.2) is 30.2 Å². The number of rotatable bonds is 8. The van der Waals surface area contributed by atoms with Crippen LogP contribution in [0.1, 0.15) is 67.7 Å². The number of methoxy groups -OCH3 is 1. The van der Waals surface area contributed by atoms with Crippen molar-refractivity contribution in [1.29, 1.82) is 0 Å². The van der Waals surface area contributed by atoms with Gasteiger partial charge in [-0.25, -0.2) is 5.43 Å². The predicted octanol–water partition coefficient (Wildman–Crippen LogP) is 5.84. The Bertz CT molecular complexity index is 1180. The number of nitrogens with zero attached hydrogens (tertiary/aromatic N) is 4. The van der Waals surface area contributed by atoms with Crippen LogP contribution in [0.4, 0.5) is 17.6 Å². The molecule has 0 bridgehead atoms. The van der Waals surface area contributed by atoms with E-state index in [0.29, 0.717) is 5.92 Å². The van der Waals surface area contributed by atoms with Crippen molar-refractivity contribution < 1.29 is 4.74 Å². The Morgan fingerprint density at radius 3 is 2.35 bits per heavy atom. The van der Waals surface area contributed by atoms with E-state index in [0.717, 1.165) is 55.9 Å². The molecule has 3 heterocycles. The topological polar surface area (TPSA) is 65.6 Å². The van der Waals surface area contributed by atoms with Gasteiger partial charge in [0.25, 0.3) is 0 Å². The smallest absolute Gasteiger partial charge is 0.226 e. The molecule has 1 atom stereocenters. The third-order valence-corrected chi connectivity index (χ3v) is 8.05. The Kier molecular flexibility index (Phi) is 7.13. The van der Waals surface area contributed by atoms with Crippen LogP contribution in [-0.2, 0) is 13.1 Å². The van der Waals surface area contributed by atoms with E-state index in [1.54, 1.807) is 7.11 Å². The minimum Gasteiger partial charge on any atom is -0.497 e. The van der Waals surface area contributed by atoms with Crippen LogP contribution in [0.2, 0.25) is 0 Å². The Morgan fingerprint density at radius 2 is 1.59 bits per heavy atom. The van der Waals surface area contributed by atoms with E-state index in [1.165, 1.54) is 55.2 Å². The fourth-order valence-electron chi connectivity index (χ4n) is 5.99. The standard InChI is InChI=1S/C30H38N6O/c1-37-25-15-13-24(14-16-25)20-35-18-17-26-27-28(35)32-30(31-19-22-9-5-2-3-6-10-22)33-29(27)36(34-26)21-23-11-7-4-8-12-23/h4,7-8,11-16,22,26,34H,2-3,5-6,9-10,17-21H2,1H3,(H,31,32,33). The highest BCUT2D eigenvalue weighted by molar-refractivity contribution is 5.68. The van der Waals surface area contributed by atoms with Crippen molar-refractivity contribution in [2.45, 2.75) is 64.1 Å². The quantitative estimate of drug-likeness (QED) is 0.378. The lowest BCUT2D eigenvalue weighted by atomic mass is 10.0. The number of nitrogens with one attached hydrogen (secondary N) is 2. The molecule has 7 nitrogen and oxygen atoms in total. The van der Waals surface area contributed by atoms with Crippen LogP contribution in [0, 0.1) is 5.92 Å². The summed E-state index contributed by atoms with van der Waals surface area (Å²) in [6.07, 6.45) is 9.06. The van der Waals surface area contributed by atoms with E-state index in [1.807, 2.05) is 12.1 Å². The van der Waals surface area contributed by atoms with Gasteiger partial charge in [0.05, 0.1) is 25.3 Å². The molecule has 1 aromatic heterocycles. The minimum atomic E-state index is 0.247. The molecule has 1 fully saturated rings. The summed E-state index contributed by atoms with van der Waals surface area (Å²) in [5, 5.41) is 5.88. The zero-order valence-corrected chi connectivity index (χ0v) is 21.8. The first kappa shape index (κ1) is 24.0. The first-order chi connectivity index (χ1) is 18.3. The second-order valence-corrected chi connectivity index (χ2v) is 10.7. The average molecular weight is 499 g/mol. The number of hydrazine groups is 1. The van der Waals surface area contributed by atoms with Crippen LogP contribution >= 0.6 is 0 Å².